The average molecular weight is 208 g/mol. The Morgan fingerprint density at radius 3 is 2.53 bits per heavy atom. The van der Waals surface area contributed by atoms with Crippen molar-refractivity contribution in [3.05, 3.63) is 0 Å². The lowest BCUT2D eigenvalue weighted by Crippen LogP contribution is -2.28. The molecule has 0 amide bonds. The molecule has 0 bridgehead atoms. The van der Waals surface area contributed by atoms with E-state index in [-0.39, 0.29) is 6.10 Å². The van der Waals surface area contributed by atoms with Gasteiger partial charge >= 0.3 is 0 Å². The topological polar surface area (TPSA) is 20.2 Å². The number of fused-ring (bicyclic) bond motifs is 1. The minimum absolute atomic E-state index is 0.0387. The summed E-state index contributed by atoms with van der Waals surface area (Å²) in [6, 6.07) is 0. The van der Waals surface area contributed by atoms with E-state index in [9.17, 15) is 5.11 Å². The van der Waals surface area contributed by atoms with Crippen molar-refractivity contribution in [1.29, 1.82) is 0 Å². The van der Waals surface area contributed by atoms with Gasteiger partial charge in [0, 0.05) is 0 Å². The Morgan fingerprint density at radius 1 is 1.13 bits per heavy atom. The van der Waals surface area contributed by atoms with Crippen LogP contribution in [0, 0.1) is 35.0 Å². The Bertz CT molecular complexity index is 273. The molecule has 1 nitrogen and oxygen atoms in total. The lowest BCUT2D eigenvalue weighted by molar-refractivity contribution is 0.117. The minimum atomic E-state index is 0.0387. The molecule has 3 rings (SSSR count). The summed E-state index contributed by atoms with van der Waals surface area (Å²) in [5.74, 6) is 4.16. The molecule has 0 radical (unpaired) electrons. The molecule has 86 valence electrons. The van der Waals surface area contributed by atoms with Crippen molar-refractivity contribution in [2.75, 3.05) is 0 Å². The molecular weight excluding hydrogens is 184 g/mol. The van der Waals surface area contributed by atoms with Crippen LogP contribution in [0.25, 0.3) is 0 Å². The van der Waals surface area contributed by atoms with Crippen molar-refractivity contribution in [2.45, 2.75) is 52.6 Å². The zero-order valence-corrected chi connectivity index (χ0v) is 10.2. The second-order valence-corrected chi connectivity index (χ2v) is 6.66. The van der Waals surface area contributed by atoms with Crippen LogP contribution in [0.3, 0.4) is 0 Å². The van der Waals surface area contributed by atoms with E-state index in [1.807, 2.05) is 0 Å². The smallest absolute Gasteiger partial charge is 0.0577 e. The van der Waals surface area contributed by atoms with Gasteiger partial charge in [-0.15, -0.1) is 0 Å². The Kier molecular flexibility index (Phi) is 2.03. The third-order valence-corrected chi connectivity index (χ3v) is 5.97. The van der Waals surface area contributed by atoms with E-state index in [1.54, 1.807) is 0 Å². The molecule has 3 aliphatic rings. The molecule has 0 aromatic carbocycles. The van der Waals surface area contributed by atoms with Gasteiger partial charge in [0.15, 0.2) is 0 Å². The second-order valence-electron chi connectivity index (χ2n) is 6.66. The van der Waals surface area contributed by atoms with E-state index < -0.39 is 0 Å². The maximum Gasteiger partial charge on any atom is 0.0577 e. The SMILES string of the molecule is CC(C)C1CC[C@@H](C)[C@@]23CC[C@@H](O)C2[C@@H]13. The van der Waals surface area contributed by atoms with Crippen LogP contribution >= 0.6 is 0 Å². The van der Waals surface area contributed by atoms with Crippen molar-refractivity contribution in [3.8, 4) is 0 Å². The summed E-state index contributed by atoms with van der Waals surface area (Å²) >= 11 is 0. The molecule has 1 heteroatoms. The number of hydrogen-bond donors (Lipinski definition) is 1. The van der Waals surface area contributed by atoms with E-state index >= 15 is 0 Å². The molecule has 6 atom stereocenters. The summed E-state index contributed by atoms with van der Waals surface area (Å²) in [5.41, 5.74) is 0.590. The fourth-order valence-corrected chi connectivity index (χ4v) is 5.24. The lowest BCUT2D eigenvalue weighted by atomic mass is 9.70. The first-order valence-corrected chi connectivity index (χ1v) is 6.77. The molecule has 0 saturated heterocycles. The van der Waals surface area contributed by atoms with Crippen molar-refractivity contribution in [2.24, 2.45) is 35.0 Å². The quantitative estimate of drug-likeness (QED) is 0.702. The predicted octanol–water partition coefficient (Wildman–Crippen LogP) is 3.08. The highest BCUT2D eigenvalue weighted by molar-refractivity contribution is 5.22. The van der Waals surface area contributed by atoms with Gasteiger partial charge in [-0.3, -0.25) is 0 Å². The minimum Gasteiger partial charge on any atom is -0.393 e. The van der Waals surface area contributed by atoms with E-state index in [0.29, 0.717) is 11.3 Å². The highest BCUT2D eigenvalue weighted by Crippen LogP contribution is 2.77. The monoisotopic (exact) mass is 208 g/mol. The van der Waals surface area contributed by atoms with E-state index in [2.05, 4.69) is 20.8 Å². The van der Waals surface area contributed by atoms with E-state index in [4.69, 9.17) is 0 Å². The van der Waals surface area contributed by atoms with E-state index in [1.165, 1.54) is 19.3 Å². The van der Waals surface area contributed by atoms with Gasteiger partial charge in [-0.2, -0.15) is 0 Å². The maximum absolute atomic E-state index is 10.1. The van der Waals surface area contributed by atoms with Crippen LogP contribution in [-0.2, 0) is 0 Å². The van der Waals surface area contributed by atoms with Gasteiger partial charge in [-0.05, 0) is 60.7 Å². The summed E-state index contributed by atoms with van der Waals surface area (Å²) in [6.45, 7) is 7.17. The number of aliphatic hydroxyl groups excluding tert-OH is 1. The third-order valence-electron chi connectivity index (χ3n) is 5.97. The zero-order chi connectivity index (χ0) is 10.8. The van der Waals surface area contributed by atoms with Crippen LogP contribution in [0.15, 0.2) is 0 Å². The summed E-state index contributed by atoms with van der Waals surface area (Å²) in [5, 5.41) is 10.1. The predicted molar refractivity (Wildman–Crippen MR) is 61.4 cm³/mol. The molecular formula is C14H24O. The molecule has 15 heavy (non-hydrogen) atoms. The molecule has 3 aliphatic carbocycles. The first kappa shape index (κ1) is 10.1. The first-order chi connectivity index (χ1) is 7.09. The Balaban J connectivity index is 1.88. The highest BCUT2D eigenvalue weighted by atomic mass is 16.3. The molecule has 1 spiro atoms. The Labute approximate surface area is 93.3 Å². The Hall–Kier alpha value is -0.0400. The zero-order valence-electron chi connectivity index (χ0n) is 10.2. The highest BCUT2D eigenvalue weighted by Gasteiger charge is 2.74. The van der Waals surface area contributed by atoms with Gasteiger partial charge in [0.05, 0.1) is 6.10 Å². The largest absolute Gasteiger partial charge is 0.393 e. The third kappa shape index (κ3) is 1.08. The van der Waals surface area contributed by atoms with Crippen molar-refractivity contribution < 1.29 is 5.11 Å². The molecule has 3 fully saturated rings. The number of rotatable bonds is 1. The van der Waals surface area contributed by atoms with Gasteiger partial charge in [-0.25, -0.2) is 0 Å². The van der Waals surface area contributed by atoms with Gasteiger partial charge in [0.25, 0.3) is 0 Å². The van der Waals surface area contributed by atoms with Gasteiger partial charge in [0.1, 0.15) is 0 Å². The Morgan fingerprint density at radius 2 is 1.87 bits per heavy atom. The van der Waals surface area contributed by atoms with Crippen LogP contribution in [0.5, 0.6) is 0 Å². The van der Waals surface area contributed by atoms with Crippen LogP contribution in [0.4, 0.5) is 0 Å². The summed E-state index contributed by atoms with van der Waals surface area (Å²) in [4.78, 5) is 0. The van der Waals surface area contributed by atoms with Crippen molar-refractivity contribution in [3.63, 3.8) is 0 Å². The molecule has 3 saturated carbocycles. The summed E-state index contributed by atoms with van der Waals surface area (Å²) < 4.78 is 0. The van der Waals surface area contributed by atoms with Gasteiger partial charge in [0.2, 0.25) is 0 Å². The van der Waals surface area contributed by atoms with Crippen LogP contribution < -0.4 is 0 Å². The molecule has 0 aliphatic heterocycles. The van der Waals surface area contributed by atoms with Crippen LogP contribution in [0.1, 0.15) is 46.5 Å². The average Bonchev–Trinajstić information content (AvgIpc) is 2.75. The van der Waals surface area contributed by atoms with Crippen molar-refractivity contribution in [1.82, 2.24) is 0 Å². The lowest BCUT2D eigenvalue weighted by Gasteiger charge is -2.35. The van der Waals surface area contributed by atoms with Gasteiger partial charge < -0.3 is 5.11 Å². The second kappa shape index (κ2) is 3.00. The normalized spacial score (nSPS) is 57.8. The van der Waals surface area contributed by atoms with Crippen LogP contribution in [0.2, 0.25) is 0 Å². The van der Waals surface area contributed by atoms with E-state index in [0.717, 1.165) is 30.1 Å². The maximum atomic E-state index is 10.1. The molecule has 2 unspecified atom stereocenters. The molecule has 0 aromatic rings. The summed E-state index contributed by atoms with van der Waals surface area (Å²) in [7, 11) is 0. The van der Waals surface area contributed by atoms with Crippen molar-refractivity contribution >= 4 is 0 Å². The fraction of sp³-hybridized carbons (Fsp3) is 1.00. The van der Waals surface area contributed by atoms with Crippen LogP contribution in [-0.4, -0.2) is 11.2 Å². The molecule has 0 heterocycles. The van der Waals surface area contributed by atoms with Gasteiger partial charge in [-0.1, -0.05) is 20.8 Å². The standard InChI is InChI=1S/C14H24O/c1-8(2)10-5-4-9(3)14-7-6-11(15)13(14)12(10)14/h8-13,15H,4-7H2,1-3H3/t9-,10?,11-,12-,13?,14-/m1/s1. The number of aliphatic hydroxyl groups is 1. The summed E-state index contributed by atoms with van der Waals surface area (Å²) in [6.07, 6.45) is 5.25. The first-order valence-electron chi connectivity index (χ1n) is 6.77. The number of hydrogen-bond acceptors (Lipinski definition) is 1. The molecule has 0 aromatic heterocycles. The fourth-order valence-electron chi connectivity index (χ4n) is 5.24. The molecule has 1 N–H and O–H groups in total.